The third kappa shape index (κ3) is 3.74. The lowest BCUT2D eigenvalue weighted by atomic mass is 10.1. The SMILES string of the molecule is O=C(NCc1cccc(CO)c1)c1ccc(Cl)nn1. The van der Waals surface area contributed by atoms with E-state index in [0.29, 0.717) is 6.54 Å². The maximum Gasteiger partial charge on any atom is 0.272 e. The predicted octanol–water partition coefficient (Wildman–Crippen LogP) is 1.55. The minimum atomic E-state index is -0.321. The van der Waals surface area contributed by atoms with Crippen LogP contribution in [0.15, 0.2) is 36.4 Å². The van der Waals surface area contributed by atoms with Crippen molar-refractivity contribution in [2.24, 2.45) is 0 Å². The molecule has 0 radical (unpaired) electrons. The standard InChI is InChI=1S/C13H12ClN3O2/c14-12-5-4-11(16-17-12)13(19)15-7-9-2-1-3-10(6-9)8-18/h1-6,18H,7-8H2,(H,15,19). The van der Waals surface area contributed by atoms with E-state index in [4.69, 9.17) is 16.7 Å². The summed E-state index contributed by atoms with van der Waals surface area (Å²) in [5.74, 6) is -0.321. The fourth-order valence-electron chi connectivity index (χ4n) is 1.55. The molecule has 5 nitrogen and oxygen atoms in total. The topological polar surface area (TPSA) is 75.1 Å². The Morgan fingerprint density at radius 2 is 2.00 bits per heavy atom. The number of hydrogen-bond donors (Lipinski definition) is 2. The summed E-state index contributed by atoms with van der Waals surface area (Å²) in [6.07, 6.45) is 0. The molecular weight excluding hydrogens is 266 g/mol. The van der Waals surface area contributed by atoms with Gasteiger partial charge in [-0.3, -0.25) is 4.79 Å². The lowest BCUT2D eigenvalue weighted by molar-refractivity contribution is 0.0945. The van der Waals surface area contributed by atoms with E-state index in [2.05, 4.69) is 15.5 Å². The molecule has 1 aromatic heterocycles. The van der Waals surface area contributed by atoms with Gasteiger partial charge in [0.15, 0.2) is 10.8 Å². The first-order valence-electron chi connectivity index (χ1n) is 5.65. The van der Waals surface area contributed by atoms with Gasteiger partial charge in [0, 0.05) is 6.54 Å². The van der Waals surface area contributed by atoms with Gasteiger partial charge in [0.2, 0.25) is 0 Å². The minimum Gasteiger partial charge on any atom is -0.392 e. The molecule has 0 saturated carbocycles. The van der Waals surface area contributed by atoms with Crippen molar-refractivity contribution in [2.45, 2.75) is 13.2 Å². The number of nitrogens with zero attached hydrogens (tertiary/aromatic N) is 2. The Labute approximate surface area is 115 Å². The van der Waals surface area contributed by atoms with Crippen molar-refractivity contribution in [3.8, 4) is 0 Å². The lowest BCUT2D eigenvalue weighted by Gasteiger charge is -2.05. The second kappa shape index (κ2) is 6.26. The van der Waals surface area contributed by atoms with Gasteiger partial charge >= 0.3 is 0 Å². The number of carbonyl (C=O) groups excluding carboxylic acids is 1. The molecule has 0 fully saturated rings. The van der Waals surface area contributed by atoms with Crippen molar-refractivity contribution in [1.29, 1.82) is 0 Å². The fraction of sp³-hybridized carbons (Fsp3) is 0.154. The van der Waals surface area contributed by atoms with Crippen LogP contribution in [-0.2, 0) is 13.2 Å². The maximum atomic E-state index is 11.8. The summed E-state index contributed by atoms with van der Waals surface area (Å²) >= 11 is 5.59. The van der Waals surface area contributed by atoms with Gasteiger partial charge in [0.1, 0.15) is 0 Å². The van der Waals surface area contributed by atoms with E-state index in [0.717, 1.165) is 11.1 Å². The van der Waals surface area contributed by atoms with Gasteiger partial charge in [-0.2, -0.15) is 0 Å². The molecule has 0 saturated heterocycles. The number of halogens is 1. The van der Waals surface area contributed by atoms with E-state index >= 15 is 0 Å². The van der Waals surface area contributed by atoms with E-state index in [-0.39, 0.29) is 23.4 Å². The highest BCUT2D eigenvalue weighted by molar-refractivity contribution is 6.29. The monoisotopic (exact) mass is 277 g/mol. The van der Waals surface area contributed by atoms with E-state index in [9.17, 15) is 4.79 Å². The summed E-state index contributed by atoms with van der Waals surface area (Å²) in [6, 6.07) is 10.4. The van der Waals surface area contributed by atoms with Gasteiger partial charge in [0.05, 0.1) is 6.61 Å². The molecule has 2 N–H and O–H groups in total. The quantitative estimate of drug-likeness (QED) is 0.889. The Bertz CT molecular complexity index is 572. The number of amides is 1. The van der Waals surface area contributed by atoms with Gasteiger partial charge in [-0.25, -0.2) is 0 Å². The summed E-state index contributed by atoms with van der Waals surface area (Å²) in [5, 5.41) is 19.3. The summed E-state index contributed by atoms with van der Waals surface area (Å²) in [7, 11) is 0. The highest BCUT2D eigenvalue weighted by Crippen LogP contribution is 2.06. The molecule has 0 aliphatic heterocycles. The number of aliphatic hydroxyl groups is 1. The average molecular weight is 278 g/mol. The number of rotatable bonds is 4. The first-order valence-corrected chi connectivity index (χ1v) is 6.03. The fourth-order valence-corrected chi connectivity index (χ4v) is 1.65. The van der Waals surface area contributed by atoms with Crippen molar-refractivity contribution in [3.05, 3.63) is 58.4 Å². The molecule has 1 amide bonds. The summed E-state index contributed by atoms with van der Waals surface area (Å²) in [4.78, 5) is 11.8. The third-order valence-corrected chi connectivity index (χ3v) is 2.69. The van der Waals surface area contributed by atoms with Crippen molar-refractivity contribution in [1.82, 2.24) is 15.5 Å². The maximum absolute atomic E-state index is 11.8. The Balaban J connectivity index is 1.98. The molecule has 19 heavy (non-hydrogen) atoms. The number of hydrogen-bond acceptors (Lipinski definition) is 4. The molecule has 0 bridgehead atoms. The number of carbonyl (C=O) groups is 1. The van der Waals surface area contributed by atoms with E-state index in [1.807, 2.05) is 24.3 Å². The first kappa shape index (κ1) is 13.5. The van der Waals surface area contributed by atoms with Gasteiger partial charge < -0.3 is 10.4 Å². The zero-order valence-electron chi connectivity index (χ0n) is 10.0. The zero-order chi connectivity index (χ0) is 13.7. The Morgan fingerprint density at radius 3 is 2.68 bits per heavy atom. The van der Waals surface area contributed by atoms with Crippen molar-refractivity contribution in [2.75, 3.05) is 0 Å². The Hall–Kier alpha value is -1.98. The van der Waals surface area contributed by atoms with Gasteiger partial charge in [0.25, 0.3) is 5.91 Å². The molecule has 98 valence electrons. The van der Waals surface area contributed by atoms with Crippen LogP contribution in [0, 0.1) is 0 Å². The van der Waals surface area contributed by atoms with Gasteiger partial charge in [-0.15, -0.1) is 10.2 Å². The second-order valence-electron chi connectivity index (χ2n) is 3.90. The third-order valence-electron chi connectivity index (χ3n) is 2.49. The van der Waals surface area contributed by atoms with Crippen LogP contribution < -0.4 is 5.32 Å². The molecule has 0 atom stereocenters. The molecule has 0 spiro atoms. The number of aromatic nitrogens is 2. The van der Waals surface area contributed by atoms with Crippen LogP contribution >= 0.6 is 11.6 Å². The van der Waals surface area contributed by atoms with Gasteiger partial charge in [-0.05, 0) is 23.3 Å². The number of aliphatic hydroxyl groups excluding tert-OH is 1. The van der Waals surface area contributed by atoms with Crippen LogP contribution in [-0.4, -0.2) is 21.2 Å². The normalized spacial score (nSPS) is 10.2. The second-order valence-corrected chi connectivity index (χ2v) is 4.29. The van der Waals surface area contributed by atoms with Crippen LogP contribution in [0.25, 0.3) is 0 Å². The van der Waals surface area contributed by atoms with Gasteiger partial charge in [-0.1, -0.05) is 35.9 Å². The summed E-state index contributed by atoms with van der Waals surface area (Å²) < 4.78 is 0. The van der Waals surface area contributed by atoms with Crippen molar-refractivity contribution < 1.29 is 9.90 Å². The van der Waals surface area contributed by atoms with Crippen LogP contribution in [0.3, 0.4) is 0 Å². The van der Waals surface area contributed by atoms with Crippen molar-refractivity contribution in [3.63, 3.8) is 0 Å². The lowest BCUT2D eigenvalue weighted by Crippen LogP contribution is -2.24. The molecule has 1 heterocycles. The molecule has 0 unspecified atom stereocenters. The van der Waals surface area contributed by atoms with Crippen molar-refractivity contribution >= 4 is 17.5 Å². The largest absolute Gasteiger partial charge is 0.392 e. The van der Waals surface area contributed by atoms with Crippen LogP contribution in [0.2, 0.25) is 5.15 Å². The number of benzene rings is 1. The highest BCUT2D eigenvalue weighted by atomic mass is 35.5. The highest BCUT2D eigenvalue weighted by Gasteiger charge is 2.07. The average Bonchev–Trinajstić information content (AvgIpc) is 2.46. The van der Waals surface area contributed by atoms with Crippen LogP contribution in [0.1, 0.15) is 21.6 Å². The van der Waals surface area contributed by atoms with E-state index in [1.165, 1.54) is 12.1 Å². The van der Waals surface area contributed by atoms with Crippen LogP contribution in [0.4, 0.5) is 0 Å². The Kier molecular flexibility index (Phi) is 4.43. The molecule has 1 aromatic carbocycles. The molecular formula is C13H12ClN3O2. The first-order chi connectivity index (χ1) is 9.19. The van der Waals surface area contributed by atoms with Crippen LogP contribution in [0.5, 0.6) is 0 Å². The van der Waals surface area contributed by atoms with E-state index in [1.54, 1.807) is 0 Å². The smallest absolute Gasteiger partial charge is 0.272 e. The number of nitrogens with one attached hydrogen (secondary N) is 1. The molecule has 2 rings (SSSR count). The molecule has 6 heteroatoms. The summed E-state index contributed by atoms with van der Waals surface area (Å²) in [6.45, 7) is 0.335. The van der Waals surface area contributed by atoms with E-state index < -0.39 is 0 Å². The zero-order valence-corrected chi connectivity index (χ0v) is 10.8. The molecule has 0 aliphatic rings. The summed E-state index contributed by atoms with van der Waals surface area (Å²) in [5.41, 5.74) is 1.92. The molecule has 2 aromatic rings. The minimum absolute atomic E-state index is 0.0234. The Morgan fingerprint density at radius 1 is 1.21 bits per heavy atom. The molecule has 0 aliphatic carbocycles. The predicted molar refractivity (Wildman–Crippen MR) is 70.6 cm³/mol.